The molecule has 1 unspecified atom stereocenters. The van der Waals surface area contributed by atoms with Gasteiger partial charge in [-0.25, -0.2) is 8.42 Å². The standard InChI is InChI=1S/C11H14N2O2S/c1-8-4-5-9(2)11(6-8)16(14,15)13-10(3)7-12/h4-6,10,13H,1-3H3. The molecule has 1 aromatic rings. The molecule has 0 fully saturated rings. The minimum Gasteiger partial charge on any atom is -0.207 e. The van der Waals surface area contributed by atoms with E-state index >= 15 is 0 Å². The van der Waals surface area contributed by atoms with Crippen LogP contribution in [0.2, 0.25) is 0 Å². The SMILES string of the molecule is Cc1ccc(C)c(S(=O)(=O)NC(C)C#N)c1. The molecule has 0 radical (unpaired) electrons. The van der Waals surface area contributed by atoms with Crippen LogP contribution in [0.5, 0.6) is 0 Å². The van der Waals surface area contributed by atoms with Crippen LogP contribution in [0, 0.1) is 25.2 Å². The van der Waals surface area contributed by atoms with Crippen molar-refractivity contribution < 1.29 is 8.42 Å². The highest BCUT2D eigenvalue weighted by atomic mass is 32.2. The third kappa shape index (κ3) is 2.81. The zero-order chi connectivity index (χ0) is 12.3. The molecule has 4 nitrogen and oxygen atoms in total. The number of hydrogen-bond acceptors (Lipinski definition) is 3. The van der Waals surface area contributed by atoms with Gasteiger partial charge in [-0.3, -0.25) is 0 Å². The summed E-state index contributed by atoms with van der Waals surface area (Å²) in [4.78, 5) is 0.231. The first kappa shape index (κ1) is 12.7. The molecule has 86 valence electrons. The third-order valence-electron chi connectivity index (χ3n) is 2.16. The molecule has 0 spiro atoms. The van der Waals surface area contributed by atoms with Gasteiger partial charge < -0.3 is 0 Å². The van der Waals surface area contributed by atoms with E-state index < -0.39 is 16.1 Å². The van der Waals surface area contributed by atoms with Crippen LogP contribution in [0.15, 0.2) is 23.1 Å². The summed E-state index contributed by atoms with van der Waals surface area (Å²) in [5.74, 6) is 0. The van der Waals surface area contributed by atoms with E-state index in [2.05, 4.69) is 4.72 Å². The van der Waals surface area contributed by atoms with Crippen molar-refractivity contribution in [3.63, 3.8) is 0 Å². The maximum Gasteiger partial charge on any atom is 0.241 e. The number of hydrogen-bond donors (Lipinski definition) is 1. The Hall–Kier alpha value is -1.38. The minimum atomic E-state index is -3.60. The summed E-state index contributed by atoms with van der Waals surface area (Å²) in [5, 5.41) is 8.59. The first-order valence-electron chi connectivity index (χ1n) is 4.86. The molecule has 0 heterocycles. The lowest BCUT2D eigenvalue weighted by atomic mass is 10.2. The maximum absolute atomic E-state index is 11.9. The number of nitriles is 1. The Bertz CT molecular complexity index is 529. The highest BCUT2D eigenvalue weighted by molar-refractivity contribution is 7.89. The van der Waals surface area contributed by atoms with E-state index in [1.165, 1.54) is 6.92 Å². The summed E-state index contributed by atoms with van der Waals surface area (Å²) < 4.78 is 26.1. The molecule has 5 heteroatoms. The van der Waals surface area contributed by atoms with Crippen molar-refractivity contribution >= 4 is 10.0 Å². The van der Waals surface area contributed by atoms with Crippen molar-refractivity contribution in [2.75, 3.05) is 0 Å². The molecule has 0 saturated carbocycles. The van der Waals surface area contributed by atoms with E-state index in [9.17, 15) is 8.42 Å². The smallest absolute Gasteiger partial charge is 0.207 e. The first-order chi connectivity index (χ1) is 7.36. The lowest BCUT2D eigenvalue weighted by molar-refractivity contribution is 0.576. The molecule has 0 amide bonds. The number of nitrogens with zero attached hydrogens (tertiary/aromatic N) is 1. The molecular formula is C11H14N2O2S. The summed E-state index contributed by atoms with van der Waals surface area (Å²) in [6, 6.07) is 6.30. The van der Waals surface area contributed by atoms with Crippen molar-refractivity contribution in [2.45, 2.75) is 31.7 Å². The second-order valence-electron chi connectivity index (χ2n) is 3.74. The van der Waals surface area contributed by atoms with Gasteiger partial charge in [0.1, 0.15) is 6.04 Å². The van der Waals surface area contributed by atoms with Gasteiger partial charge in [0.25, 0.3) is 0 Å². The summed E-state index contributed by atoms with van der Waals surface area (Å²) >= 11 is 0. The fraction of sp³-hybridized carbons (Fsp3) is 0.364. The Morgan fingerprint density at radius 3 is 2.56 bits per heavy atom. The monoisotopic (exact) mass is 238 g/mol. The van der Waals surface area contributed by atoms with Gasteiger partial charge in [-0.1, -0.05) is 12.1 Å². The van der Waals surface area contributed by atoms with Gasteiger partial charge in [0.2, 0.25) is 10.0 Å². The summed E-state index contributed by atoms with van der Waals surface area (Å²) in [7, 11) is -3.60. The molecule has 0 aliphatic rings. The minimum absolute atomic E-state index is 0.231. The zero-order valence-electron chi connectivity index (χ0n) is 9.48. The van der Waals surface area contributed by atoms with Gasteiger partial charge in [-0.05, 0) is 38.0 Å². The molecule has 1 N–H and O–H groups in total. The van der Waals surface area contributed by atoms with E-state index in [0.717, 1.165) is 5.56 Å². The van der Waals surface area contributed by atoms with Crippen molar-refractivity contribution in [1.29, 1.82) is 5.26 Å². The third-order valence-corrected chi connectivity index (χ3v) is 3.84. The Labute approximate surface area is 96.0 Å². The number of aryl methyl sites for hydroxylation is 2. The largest absolute Gasteiger partial charge is 0.241 e. The molecule has 0 aliphatic carbocycles. The second-order valence-corrected chi connectivity index (χ2v) is 5.42. The lowest BCUT2D eigenvalue weighted by Gasteiger charge is -2.10. The lowest BCUT2D eigenvalue weighted by Crippen LogP contribution is -2.31. The molecule has 16 heavy (non-hydrogen) atoms. The number of benzene rings is 1. The Morgan fingerprint density at radius 2 is 2.00 bits per heavy atom. The molecule has 0 aromatic heterocycles. The van der Waals surface area contributed by atoms with Crippen LogP contribution in [-0.2, 0) is 10.0 Å². The van der Waals surface area contributed by atoms with E-state index in [1.807, 2.05) is 19.1 Å². The van der Waals surface area contributed by atoms with Crippen LogP contribution in [0.4, 0.5) is 0 Å². The van der Waals surface area contributed by atoms with Crippen molar-refractivity contribution in [3.05, 3.63) is 29.3 Å². The molecule has 1 rings (SSSR count). The zero-order valence-corrected chi connectivity index (χ0v) is 10.3. The Balaban J connectivity index is 3.18. The molecule has 0 bridgehead atoms. The maximum atomic E-state index is 11.9. The van der Waals surface area contributed by atoms with Crippen molar-refractivity contribution in [3.8, 4) is 6.07 Å². The quantitative estimate of drug-likeness (QED) is 0.867. The normalized spacial score (nSPS) is 13.1. The van der Waals surface area contributed by atoms with Gasteiger partial charge in [0.05, 0.1) is 11.0 Å². The van der Waals surface area contributed by atoms with Crippen LogP contribution >= 0.6 is 0 Å². The number of sulfonamides is 1. The number of nitrogens with one attached hydrogen (secondary N) is 1. The van der Waals surface area contributed by atoms with Crippen LogP contribution in [-0.4, -0.2) is 14.5 Å². The average Bonchev–Trinajstić information content (AvgIpc) is 2.20. The summed E-state index contributed by atoms with van der Waals surface area (Å²) in [6.45, 7) is 5.06. The molecule has 0 saturated heterocycles. The van der Waals surface area contributed by atoms with Crippen LogP contribution in [0.1, 0.15) is 18.1 Å². The fourth-order valence-corrected chi connectivity index (χ4v) is 2.80. The van der Waals surface area contributed by atoms with Crippen LogP contribution < -0.4 is 4.72 Å². The Morgan fingerprint density at radius 1 is 1.38 bits per heavy atom. The molecule has 1 atom stereocenters. The van der Waals surface area contributed by atoms with Crippen LogP contribution in [0.25, 0.3) is 0 Å². The van der Waals surface area contributed by atoms with Gasteiger partial charge in [-0.15, -0.1) is 0 Å². The Kier molecular flexibility index (Phi) is 3.68. The average molecular weight is 238 g/mol. The van der Waals surface area contributed by atoms with Crippen molar-refractivity contribution in [1.82, 2.24) is 4.72 Å². The topological polar surface area (TPSA) is 70.0 Å². The summed E-state index contributed by atoms with van der Waals surface area (Å²) in [6.07, 6.45) is 0. The van der Waals surface area contributed by atoms with Gasteiger partial charge in [-0.2, -0.15) is 9.98 Å². The van der Waals surface area contributed by atoms with Gasteiger partial charge in [0, 0.05) is 0 Å². The van der Waals surface area contributed by atoms with Gasteiger partial charge >= 0.3 is 0 Å². The van der Waals surface area contributed by atoms with Crippen LogP contribution in [0.3, 0.4) is 0 Å². The molecule has 1 aromatic carbocycles. The van der Waals surface area contributed by atoms with E-state index in [1.54, 1.807) is 19.1 Å². The molecule has 0 aliphatic heterocycles. The van der Waals surface area contributed by atoms with Crippen molar-refractivity contribution in [2.24, 2.45) is 0 Å². The first-order valence-corrected chi connectivity index (χ1v) is 6.34. The molecular weight excluding hydrogens is 224 g/mol. The fourth-order valence-electron chi connectivity index (χ4n) is 1.32. The van der Waals surface area contributed by atoms with E-state index in [0.29, 0.717) is 5.56 Å². The second kappa shape index (κ2) is 4.64. The van der Waals surface area contributed by atoms with Gasteiger partial charge in [0.15, 0.2) is 0 Å². The summed E-state index contributed by atoms with van der Waals surface area (Å²) in [5.41, 5.74) is 1.54. The number of rotatable bonds is 3. The highest BCUT2D eigenvalue weighted by Gasteiger charge is 2.19. The highest BCUT2D eigenvalue weighted by Crippen LogP contribution is 2.16. The van der Waals surface area contributed by atoms with E-state index in [4.69, 9.17) is 5.26 Å². The predicted octanol–water partition coefficient (Wildman–Crippen LogP) is 1.49. The predicted molar refractivity (Wildman–Crippen MR) is 61.3 cm³/mol. The van der Waals surface area contributed by atoms with E-state index in [-0.39, 0.29) is 4.90 Å².